The highest BCUT2D eigenvalue weighted by atomic mass is 16.6. The molecule has 0 radical (unpaired) electrons. The van der Waals surface area contributed by atoms with Crippen LogP contribution in [0.5, 0.6) is 5.88 Å². The highest BCUT2D eigenvalue weighted by Gasteiger charge is 2.26. The van der Waals surface area contributed by atoms with E-state index in [-0.39, 0.29) is 6.09 Å². The van der Waals surface area contributed by atoms with Crippen molar-refractivity contribution in [1.82, 2.24) is 14.9 Å². The summed E-state index contributed by atoms with van der Waals surface area (Å²) in [7, 11) is 0. The Labute approximate surface area is 159 Å². The number of ether oxygens (including phenoxy) is 2. The predicted molar refractivity (Wildman–Crippen MR) is 103 cm³/mol. The van der Waals surface area contributed by atoms with Crippen molar-refractivity contribution in [3.63, 3.8) is 0 Å². The molecule has 0 bridgehead atoms. The zero-order valence-corrected chi connectivity index (χ0v) is 16.1. The summed E-state index contributed by atoms with van der Waals surface area (Å²) < 4.78 is 11.2. The Morgan fingerprint density at radius 3 is 2.56 bits per heavy atom. The van der Waals surface area contributed by atoms with Crippen molar-refractivity contribution in [2.24, 2.45) is 0 Å². The Balaban J connectivity index is 1.54. The number of aromatic nitrogens is 2. The lowest BCUT2D eigenvalue weighted by Crippen LogP contribution is -2.50. The van der Waals surface area contributed by atoms with Gasteiger partial charge in [0.2, 0.25) is 5.88 Å². The molecule has 2 aromatic rings. The first-order valence-electron chi connectivity index (χ1n) is 9.12. The number of pyridine rings is 2. The van der Waals surface area contributed by atoms with Crippen molar-refractivity contribution >= 4 is 11.9 Å². The number of hydrogen-bond donors (Lipinski definition) is 0. The molecule has 1 aliphatic rings. The molecule has 0 saturated carbocycles. The van der Waals surface area contributed by atoms with E-state index in [9.17, 15) is 4.79 Å². The number of anilines is 1. The smallest absolute Gasteiger partial charge is 0.410 e. The molecule has 0 N–H and O–H groups in total. The summed E-state index contributed by atoms with van der Waals surface area (Å²) in [5.74, 6) is 1.42. The second-order valence-electron chi connectivity index (χ2n) is 7.44. The maximum Gasteiger partial charge on any atom is 0.410 e. The van der Waals surface area contributed by atoms with Crippen LogP contribution < -0.4 is 9.64 Å². The number of piperazine rings is 1. The molecule has 0 unspecified atom stereocenters. The molecular formula is C20H26N4O3. The van der Waals surface area contributed by atoms with Crippen LogP contribution in [-0.4, -0.2) is 52.7 Å². The van der Waals surface area contributed by atoms with Crippen LogP contribution in [0.2, 0.25) is 0 Å². The molecule has 7 heteroatoms. The van der Waals surface area contributed by atoms with Gasteiger partial charge < -0.3 is 19.3 Å². The van der Waals surface area contributed by atoms with E-state index in [1.54, 1.807) is 17.3 Å². The number of hydrogen-bond acceptors (Lipinski definition) is 6. The van der Waals surface area contributed by atoms with Gasteiger partial charge in [0, 0.05) is 50.2 Å². The van der Waals surface area contributed by atoms with E-state index in [1.165, 1.54) is 0 Å². The van der Waals surface area contributed by atoms with Crippen LogP contribution in [0.3, 0.4) is 0 Å². The highest BCUT2D eigenvalue weighted by molar-refractivity contribution is 5.68. The van der Waals surface area contributed by atoms with E-state index in [0.29, 0.717) is 38.7 Å². The third kappa shape index (κ3) is 5.57. The lowest BCUT2D eigenvalue weighted by atomic mass is 10.2. The second-order valence-corrected chi connectivity index (χ2v) is 7.44. The molecule has 0 spiro atoms. The van der Waals surface area contributed by atoms with E-state index in [2.05, 4.69) is 14.9 Å². The van der Waals surface area contributed by atoms with Crippen molar-refractivity contribution in [2.75, 3.05) is 31.1 Å². The Morgan fingerprint density at radius 2 is 1.89 bits per heavy atom. The Bertz CT molecular complexity index is 753. The van der Waals surface area contributed by atoms with Crippen molar-refractivity contribution in [1.29, 1.82) is 0 Å². The normalized spacial score (nSPS) is 14.8. The zero-order valence-electron chi connectivity index (χ0n) is 16.1. The van der Waals surface area contributed by atoms with Gasteiger partial charge in [0.15, 0.2) is 0 Å². The van der Waals surface area contributed by atoms with Gasteiger partial charge in [-0.05, 0) is 32.9 Å². The summed E-state index contributed by atoms with van der Waals surface area (Å²) in [6.45, 7) is 8.69. The molecule has 144 valence electrons. The quantitative estimate of drug-likeness (QED) is 0.824. The monoisotopic (exact) mass is 370 g/mol. The van der Waals surface area contributed by atoms with Gasteiger partial charge >= 0.3 is 6.09 Å². The van der Waals surface area contributed by atoms with E-state index < -0.39 is 5.60 Å². The van der Waals surface area contributed by atoms with Gasteiger partial charge in [-0.1, -0.05) is 12.1 Å². The van der Waals surface area contributed by atoms with E-state index in [1.807, 2.05) is 51.1 Å². The number of carbonyl (C=O) groups excluding carboxylic acids is 1. The van der Waals surface area contributed by atoms with Gasteiger partial charge in [-0.3, -0.25) is 4.98 Å². The van der Waals surface area contributed by atoms with Gasteiger partial charge in [-0.15, -0.1) is 0 Å². The van der Waals surface area contributed by atoms with Crippen molar-refractivity contribution in [3.05, 3.63) is 48.3 Å². The third-order valence-electron chi connectivity index (χ3n) is 4.07. The first-order valence-corrected chi connectivity index (χ1v) is 9.12. The molecule has 2 aromatic heterocycles. The lowest BCUT2D eigenvalue weighted by molar-refractivity contribution is 0.0240. The van der Waals surface area contributed by atoms with Crippen molar-refractivity contribution in [2.45, 2.75) is 33.0 Å². The molecule has 1 fully saturated rings. The molecule has 0 aliphatic carbocycles. The van der Waals surface area contributed by atoms with Crippen molar-refractivity contribution in [3.8, 4) is 5.88 Å². The number of rotatable bonds is 4. The van der Waals surface area contributed by atoms with Gasteiger partial charge in [0.25, 0.3) is 0 Å². The molecule has 1 saturated heterocycles. The average Bonchev–Trinajstić information content (AvgIpc) is 2.66. The molecule has 3 rings (SSSR count). The fourth-order valence-electron chi connectivity index (χ4n) is 2.75. The van der Waals surface area contributed by atoms with Crippen LogP contribution in [0.15, 0.2) is 42.7 Å². The van der Waals surface area contributed by atoms with E-state index in [4.69, 9.17) is 9.47 Å². The minimum atomic E-state index is -0.476. The molecule has 1 aliphatic heterocycles. The fraction of sp³-hybridized carbons (Fsp3) is 0.450. The van der Waals surface area contributed by atoms with Gasteiger partial charge in [0.1, 0.15) is 18.0 Å². The maximum absolute atomic E-state index is 12.2. The van der Waals surface area contributed by atoms with Gasteiger partial charge in [-0.2, -0.15) is 4.98 Å². The summed E-state index contributed by atoms with van der Waals surface area (Å²) in [5, 5.41) is 0. The molecule has 0 atom stereocenters. The van der Waals surface area contributed by atoms with Gasteiger partial charge in [0.05, 0.1) is 0 Å². The van der Waals surface area contributed by atoms with Crippen LogP contribution in [0.25, 0.3) is 0 Å². The summed E-state index contributed by atoms with van der Waals surface area (Å²) in [6.07, 6.45) is 3.25. The Morgan fingerprint density at radius 1 is 1.11 bits per heavy atom. The molecular weight excluding hydrogens is 344 g/mol. The largest absolute Gasteiger partial charge is 0.473 e. The van der Waals surface area contributed by atoms with Crippen LogP contribution in [-0.2, 0) is 11.3 Å². The number of nitrogens with zero attached hydrogens (tertiary/aromatic N) is 4. The van der Waals surface area contributed by atoms with Crippen molar-refractivity contribution < 1.29 is 14.3 Å². The Hall–Kier alpha value is -2.83. The predicted octanol–water partition coefficient (Wildman–Crippen LogP) is 3.11. The molecule has 1 amide bonds. The standard InChI is InChI=1S/C20H26N4O3/c1-20(2,3)27-19(25)24-12-10-23(11-13-24)17-7-4-8-18(22-17)26-15-16-6-5-9-21-14-16/h4-9,14H,10-13,15H2,1-3H3. The molecule has 27 heavy (non-hydrogen) atoms. The maximum atomic E-state index is 12.2. The minimum absolute atomic E-state index is 0.260. The summed E-state index contributed by atoms with van der Waals surface area (Å²) >= 11 is 0. The average molecular weight is 370 g/mol. The number of carbonyl (C=O) groups is 1. The molecule has 0 aromatic carbocycles. The van der Waals surface area contributed by atoms with Crippen LogP contribution in [0.1, 0.15) is 26.3 Å². The Kier molecular flexibility index (Phi) is 5.78. The second kappa shape index (κ2) is 8.24. The zero-order chi connectivity index (χ0) is 19.3. The van der Waals surface area contributed by atoms with Crippen LogP contribution in [0.4, 0.5) is 10.6 Å². The van der Waals surface area contributed by atoms with Gasteiger partial charge in [-0.25, -0.2) is 4.79 Å². The lowest BCUT2D eigenvalue weighted by Gasteiger charge is -2.36. The summed E-state index contributed by atoms with van der Waals surface area (Å²) in [5.41, 5.74) is 0.520. The molecule has 3 heterocycles. The SMILES string of the molecule is CC(C)(C)OC(=O)N1CCN(c2cccc(OCc3cccnc3)n2)CC1. The highest BCUT2D eigenvalue weighted by Crippen LogP contribution is 2.19. The van der Waals surface area contributed by atoms with E-state index >= 15 is 0 Å². The first-order chi connectivity index (χ1) is 12.9. The third-order valence-corrected chi connectivity index (χ3v) is 4.07. The van der Waals surface area contributed by atoms with Crippen LogP contribution >= 0.6 is 0 Å². The van der Waals surface area contributed by atoms with Crippen LogP contribution in [0, 0.1) is 0 Å². The minimum Gasteiger partial charge on any atom is -0.473 e. The molecule has 7 nitrogen and oxygen atoms in total. The first kappa shape index (κ1) is 18.9. The van der Waals surface area contributed by atoms with E-state index in [0.717, 1.165) is 11.4 Å². The summed E-state index contributed by atoms with van der Waals surface area (Å²) in [6, 6.07) is 9.58. The number of amides is 1. The summed E-state index contributed by atoms with van der Waals surface area (Å²) in [4.78, 5) is 24.7. The topological polar surface area (TPSA) is 67.8 Å². The fourth-order valence-corrected chi connectivity index (χ4v) is 2.75.